The van der Waals surface area contributed by atoms with Crippen molar-refractivity contribution in [3.8, 4) is 5.75 Å². The Labute approximate surface area is 124 Å². The summed E-state index contributed by atoms with van der Waals surface area (Å²) in [6.45, 7) is 2.84. The maximum absolute atomic E-state index is 10.0. The number of benzene rings is 1. The van der Waals surface area contributed by atoms with Gasteiger partial charge >= 0.3 is 0 Å². The molecule has 0 saturated heterocycles. The minimum atomic E-state index is -0.182. The molecular formula is C17H23NO3. The number of aliphatic hydroxyl groups is 1. The van der Waals surface area contributed by atoms with Gasteiger partial charge < -0.3 is 19.9 Å². The number of hydrogen-bond donors (Lipinski definition) is 3. The van der Waals surface area contributed by atoms with E-state index in [1.54, 1.807) is 6.07 Å². The summed E-state index contributed by atoms with van der Waals surface area (Å²) in [5.74, 6) is 1.32. The van der Waals surface area contributed by atoms with E-state index in [9.17, 15) is 10.2 Å². The Kier molecular flexibility index (Phi) is 4.17. The molecule has 3 unspecified atom stereocenters. The highest BCUT2D eigenvalue weighted by atomic mass is 16.4. The molecule has 0 spiro atoms. The van der Waals surface area contributed by atoms with Crippen molar-refractivity contribution >= 4 is 11.0 Å². The number of rotatable bonds is 4. The molecular weight excluding hydrogens is 266 g/mol. The maximum atomic E-state index is 10.0. The minimum absolute atomic E-state index is 0.0610. The van der Waals surface area contributed by atoms with Crippen LogP contribution >= 0.6 is 0 Å². The Morgan fingerprint density at radius 1 is 1.33 bits per heavy atom. The second-order valence-corrected chi connectivity index (χ2v) is 6.09. The summed E-state index contributed by atoms with van der Waals surface area (Å²) < 4.78 is 5.75. The van der Waals surface area contributed by atoms with Crippen molar-refractivity contribution in [3.05, 3.63) is 30.0 Å². The van der Waals surface area contributed by atoms with Gasteiger partial charge in [0.05, 0.1) is 12.1 Å². The van der Waals surface area contributed by atoms with Crippen LogP contribution < -0.4 is 5.32 Å². The van der Waals surface area contributed by atoms with Crippen molar-refractivity contribution in [1.29, 1.82) is 0 Å². The van der Waals surface area contributed by atoms with Crippen molar-refractivity contribution in [2.24, 2.45) is 5.92 Å². The Balaban J connectivity index is 1.66. The zero-order chi connectivity index (χ0) is 14.8. The summed E-state index contributed by atoms with van der Waals surface area (Å²) in [5.41, 5.74) is 0.541. The van der Waals surface area contributed by atoms with Crippen molar-refractivity contribution in [2.45, 2.75) is 44.8 Å². The molecule has 1 fully saturated rings. The number of nitrogens with one attached hydrogen (secondary N) is 1. The number of furan rings is 1. The Morgan fingerprint density at radius 2 is 2.14 bits per heavy atom. The van der Waals surface area contributed by atoms with Crippen molar-refractivity contribution < 1.29 is 14.6 Å². The van der Waals surface area contributed by atoms with E-state index in [0.717, 1.165) is 37.0 Å². The summed E-state index contributed by atoms with van der Waals surface area (Å²) in [7, 11) is 0. The monoisotopic (exact) mass is 289 g/mol. The third kappa shape index (κ3) is 3.06. The second-order valence-electron chi connectivity index (χ2n) is 6.09. The number of para-hydroxylation sites is 1. The fraction of sp³-hybridized carbons (Fsp3) is 0.529. The lowest BCUT2D eigenvalue weighted by atomic mass is 9.86. The van der Waals surface area contributed by atoms with E-state index in [2.05, 4.69) is 5.32 Å². The largest absolute Gasteiger partial charge is 0.504 e. The molecule has 3 N–H and O–H groups in total. The molecule has 4 nitrogen and oxygen atoms in total. The number of hydrogen-bond acceptors (Lipinski definition) is 4. The van der Waals surface area contributed by atoms with Crippen molar-refractivity contribution in [3.63, 3.8) is 0 Å². The number of aliphatic hydroxyl groups excluding tert-OH is 1. The maximum Gasteiger partial charge on any atom is 0.175 e. The number of phenols is 1. The molecule has 1 aromatic carbocycles. The van der Waals surface area contributed by atoms with E-state index in [-0.39, 0.29) is 17.9 Å². The number of phenolic OH excluding ortho intramolecular Hbond substituents is 1. The van der Waals surface area contributed by atoms with Crippen LogP contribution in [-0.2, 0) is 0 Å². The first kappa shape index (κ1) is 14.4. The van der Waals surface area contributed by atoms with Gasteiger partial charge in [-0.1, -0.05) is 25.0 Å². The first-order valence-corrected chi connectivity index (χ1v) is 7.78. The fourth-order valence-electron chi connectivity index (χ4n) is 3.14. The van der Waals surface area contributed by atoms with Crippen LogP contribution in [-0.4, -0.2) is 22.9 Å². The zero-order valence-electron chi connectivity index (χ0n) is 12.4. The van der Waals surface area contributed by atoms with E-state index in [1.807, 2.05) is 25.1 Å². The number of aromatic hydroxyl groups is 1. The van der Waals surface area contributed by atoms with Crippen LogP contribution in [0.5, 0.6) is 5.75 Å². The lowest BCUT2D eigenvalue weighted by Crippen LogP contribution is -2.34. The topological polar surface area (TPSA) is 65.6 Å². The summed E-state index contributed by atoms with van der Waals surface area (Å²) in [4.78, 5) is 0. The molecule has 1 aliphatic carbocycles. The molecule has 0 bridgehead atoms. The minimum Gasteiger partial charge on any atom is -0.504 e. The predicted molar refractivity (Wildman–Crippen MR) is 82.3 cm³/mol. The lowest BCUT2D eigenvalue weighted by molar-refractivity contribution is 0.0680. The third-order valence-corrected chi connectivity index (χ3v) is 4.52. The fourth-order valence-corrected chi connectivity index (χ4v) is 3.14. The highest BCUT2D eigenvalue weighted by Gasteiger charge is 2.23. The van der Waals surface area contributed by atoms with Gasteiger partial charge in [0.15, 0.2) is 11.3 Å². The Morgan fingerprint density at radius 3 is 2.90 bits per heavy atom. The van der Waals surface area contributed by atoms with Crippen LogP contribution in [0.4, 0.5) is 0 Å². The number of fused-ring (bicyclic) bond motifs is 1. The second kappa shape index (κ2) is 6.08. The standard InChI is InChI=1S/C17H23NO3/c1-11(18-10-13-5-2-3-7-14(13)19)16-9-12-6-4-8-15(20)17(12)21-16/h4,6,8-9,11,13-14,18-20H,2-3,5,7,10H2,1H3. The molecule has 21 heavy (non-hydrogen) atoms. The quantitative estimate of drug-likeness (QED) is 0.807. The summed E-state index contributed by atoms with van der Waals surface area (Å²) in [6, 6.07) is 7.40. The van der Waals surface area contributed by atoms with Gasteiger partial charge in [0.2, 0.25) is 0 Å². The van der Waals surface area contributed by atoms with Gasteiger partial charge in [0.25, 0.3) is 0 Å². The van der Waals surface area contributed by atoms with Crippen molar-refractivity contribution in [1.82, 2.24) is 5.32 Å². The van der Waals surface area contributed by atoms with Gasteiger partial charge in [-0.15, -0.1) is 0 Å². The average molecular weight is 289 g/mol. The van der Waals surface area contributed by atoms with Gasteiger partial charge in [-0.2, -0.15) is 0 Å². The van der Waals surface area contributed by atoms with Gasteiger partial charge in [0.1, 0.15) is 5.76 Å². The molecule has 3 rings (SSSR count). The van der Waals surface area contributed by atoms with Crippen LogP contribution in [0.2, 0.25) is 0 Å². The molecule has 3 atom stereocenters. The molecule has 1 aliphatic rings. The van der Waals surface area contributed by atoms with E-state index in [1.165, 1.54) is 6.42 Å². The predicted octanol–water partition coefficient (Wildman–Crippen LogP) is 3.34. The first-order valence-electron chi connectivity index (χ1n) is 7.78. The molecule has 1 aromatic heterocycles. The van der Waals surface area contributed by atoms with E-state index < -0.39 is 0 Å². The van der Waals surface area contributed by atoms with Gasteiger partial charge in [-0.05, 0) is 37.8 Å². The van der Waals surface area contributed by atoms with Crippen LogP contribution in [0.25, 0.3) is 11.0 Å². The van der Waals surface area contributed by atoms with Crippen LogP contribution in [0.1, 0.15) is 44.4 Å². The summed E-state index contributed by atoms with van der Waals surface area (Å²) in [6.07, 6.45) is 4.16. The lowest BCUT2D eigenvalue weighted by Gasteiger charge is -2.28. The SMILES string of the molecule is CC(NCC1CCCCC1O)c1cc2cccc(O)c2o1. The highest BCUT2D eigenvalue weighted by molar-refractivity contribution is 5.83. The first-order chi connectivity index (χ1) is 10.1. The summed E-state index contributed by atoms with van der Waals surface area (Å²) >= 11 is 0. The smallest absolute Gasteiger partial charge is 0.175 e. The van der Waals surface area contributed by atoms with E-state index in [4.69, 9.17) is 4.42 Å². The molecule has 114 valence electrons. The van der Waals surface area contributed by atoms with Crippen molar-refractivity contribution in [2.75, 3.05) is 6.54 Å². The molecule has 1 heterocycles. The molecule has 0 aliphatic heterocycles. The van der Waals surface area contributed by atoms with Gasteiger partial charge in [-0.25, -0.2) is 0 Å². The zero-order valence-corrected chi connectivity index (χ0v) is 12.4. The normalized spacial score (nSPS) is 24.3. The van der Waals surface area contributed by atoms with Gasteiger partial charge in [-0.3, -0.25) is 0 Å². The van der Waals surface area contributed by atoms with Crippen LogP contribution in [0, 0.1) is 5.92 Å². The van der Waals surface area contributed by atoms with E-state index in [0.29, 0.717) is 11.5 Å². The van der Waals surface area contributed by atoms with Crippen LogP contribution in [0.15, 0.2) is 28.7 Å². The molecule has 1 saturated carbocycles. The molecule has 4 heteroatoms. The van der Waals surface area contributed by atoms with Crippen LogP contribution in [0.3, 0.4) is 0 Å². The average Bonchev–Trinajstić information content (AvgIpc) is 2.92. The highest BCUT2D eigenvalue weighted by Crippen LogP contribution is 2.30. The summed E-state index contributed by atoms with van der Waals surface area (Å²) in [5, 5.41) is 24.2. The molecule has 0 amide bonds. The van der Waals surface area contributed by atoms with E-state index >= 15 is 0 Å². The van der Waals surface area contributed by atoms with Gasteiger partial charge in [0, 0.05) is 11.9 Å². The molecule has 0 radical (unpaired) electrons. The third-order valence-electron chi connectivity index (χ3n) is 4.52. The molecule has 2 aromatic rings. The Hall–Kier alpha value is -1.52. The Bertz CT molecular complexity index is 607.